The molecule has 0 radical (unpaired) electrons. The number of benzene rings is 2. The Morgan fingerprint density at radius 2 is 1.74 bits per heavy atom. The molecule has 1 amide bonds. The van der Waals surface area contributed by atoms with Crippen molar-refractivity contribution in [3.05, 3.63) is 66.0 Å². The quantitative estimate of drug-likeness (QED) is 0.714. The van der Waals surface area contributed by atoms with E-state index in [4.69, 9.17) is 0 Å². The van der Waals surface area contributed by atoms with Gasteiger partial charge in [-0.25, -0.2) is 4.39 Å². The fourth-order valence-corrected chi connectivity index (χ4v) is 2.38. The SMILES string of the molecule is CCCCCN[C@@H](C(=O)Nc1ccc(F)cc1)c1ccccc1. The predicted molar refractivity (Wildman–Crippen MR) is 91.7 cm³/mol. The lowest BCUT2D eigenvalue weighted by Crippen LogP contribution is -2.33. The van der Waals surface area contributed by atoms with E-state index in [1.807, 2.05) is 30.3 Å². The van der Waals surface area contributed by atoms with Gasteiger partial charge in [0.25, 0.3) is 0 Å². The van der Waals surface area contributed by atoms with Crippen LogP contribution in [0.25, 0.3) is 0 Å². The Hall–Kier alpha value is -2.20. The van der Waals surface area contributed by atoms with E-state index in [-0.39, 0.29) is 11.7 Å². The number of rotatable bonds is 8. The Morgan fingerprint density at radius 3 is 2.39 bits per heavy atom. The molecular formula is C19H23FN2O. The molecule has 0 aliphatic rings. The van der Waals surface area contributed by atoms with Crippen LogP contribution < -0.4 is 10.6 Å². The molecule has 23 heavy (non-hydrogen) atoms. The van der Waals surface area contributed by atoms with Crippen LogP contribution in [0, 0.1) is 5.82 Å². The molecule has 122 valence electrons. The van der Waals surface area contributed by atoms with Crippen LogP contribution in [0.5, 0.6) is 0 Å². The van der Waals surface area contributed by atoms with Crippen molar-refractivity contribution in [2.75, 3.05) is 11.9 Å². The first kappa shape index (κ1) is 17.2. The second-order valence-electron chi connectivity index (χ2n) is 5.50. The Balaban J connectivity index is 2.05. The lowest BCUT2D eigenvalue weighted by Gasteiger charge is -2.19. The first-order valence-corrected chi connectivity index (χ1v) is 8.05. The standard InChI is InChI=1S/C19H23FN2O/c1-2-3-7-14-21-18(15-8-5-4-6-9-15)19(23)22-17-12-10-16(20)11-13-17/h4-6,8-13,18,21H,2-3,7,14H2,1H3,(H,22,23)/t18-/m1/s1. The molecule has 2 N–H and O–H groups in total. The fraction of sp³-hybridized carbons (Fsp3) is 0.316. The number of hydrogen-bond acceptors (Lipinski definition) is 2. The van der Waals surface area contributed by atoms with Crippen molar-refractivity contribution in [3.63, 3.8) is 0 Å². The fourth-order valence-electron chi connectivity index (χ4n) is 2.38. The van der Waals surface area contributed by atoms with Gasteiger partial charge in [0.05, 0.1) is 0 Å². The molecule has 0 aliphatic carbocycles. The van der Waals surface area contributed by atoms with Crippen LogP contribution in [0.2, 0.25) is 0 Å². The molecule has 2 aromatic carbocycles. The zero-order valence-electron chi connectivity index (χ0n) is 13.4. The summed E-state index contributed by atoms with van der Waals surface area (Å²) in [6, 6.07) is 15.0. The van der Waals surface area contributed by atoms with Crippen molar-refractivity contribution in [1.29, 1.82) is 0 Å². The van der Waals surface area contributed by atoms with Crippen molar-refractivity contribution in [2.45, 2.75) is 32.2 Å². The van der Waals surface area contributed by atoms with Crippen LogP contribution in [0.15, 0.2) is 54.6 Å². The Kier molecular flexibility index (Phi) is 6.76. The summed E-state index contributed by atoms with van der Waals surface area (Å²) in [5, 5.41) is 6.16. The van der Waals surface area contributed by atoms with E-state index in [2.05, 4.69) is 17.6 Å². The molecule has 0 unspecified atom stereocenters. The second-order valence-corrected chi connectivity index (χ2v) is 5.50. The molecule has 0 aromatic heterocycles. The highest BCUT2D eigenvalue weighted by molar-refractivity contribution is 5.95. The maximum Gasteiger partial charge on any atom is 0.246 e. The molecule has 0 spiro atoms. The van der Waals surface area contributed by atoms with Gasteiger partial charge in [-0.3, -0.25) is 4.79 Å². The average molecular weight is 314 g/mol. The van der Waals surface area contributed by atoms with Crippen LogP contribution >= 0.6 is 0 Å². The number of halogens is 1. The van der Waals surface area contributed by atoms with Crippen molar-refractivity contribution >= 4 is 11.6 Å². The van der Waals surface area contributed by atoms with Crippen LogP contribution in [-0.4, -0.2) is 12.5 Å². The topological polar surface area (TPSA) is 41.1 Å². The van der Waals surface area contributed by atoms with E-state index in [0.717, 1.165) is 31.4 Å². The summed E-state index contributed by atoms with van der Waals surface area (Å²) in [4.78, 5) is 12.6. The molecule has 2 rings (SSSR count). The third-order valence-electron chi connectivity index (χ3n) is 3.64. The van der Waals surface area contributed by atoms with E-state index in [9.17, 15) is 9.18 Å². The maximum atomic E-state index is 13.0. The summed E-state index contributed by atoms with van der Waals surface area (Å²) < 4.78 is 13.0. The lowest BCUT2D eigenvalue weighted by molar-refractivity contribution is -0.118. The summed E-state index contributed by atoms with van der Waals surface area (Å²) in [6.45, 7) is 2.93. The summed E-state index contributed by atoms with van der Waals surface area (Å²) in [5.74, 6) is -0.459. The van der Waals surface area contributed by atoms with Crippen molar-refractivity contribution in [3.8, 4) is 0 Å². The molecule has 0 saturated heterocycles. The molecule has 2 aromatic rings. The van der Waals surface area contributed by atoms with Gasteiger partial charge in [0.15, 0.2) is 0 Å². The summed E-state index contributed by atoms with van der Waals surface area (Å²) in [7, 11) is 0. The van der Waals surface area contributed by atoms with Gasteiger partial charge in [-0.15, -0.1) is 0 Å². The smallest absolute Gasteiger partial charge is 0.246 e. The third-order valence-corrected chi connectivity index (χ3v) is 3.64. The van der Waals surface area contributed by atoms with Crippen LogP contribution in [0.3, 0.4) is 0 Å². The summed E-state index contributed by atoms with van der Waals surface area (Å²) in [6.07, 6.45) is 3.30. The number of carbonyl (C=O) groups excluding carboxylic acids is 1. The largest absolute Gasteiger partial charge is 0.324 e. The molecular weight excluding hydrogens is 291 g/mol. The van der Waals surface area contributed by atoms with Gasteiger partial charge >= 0.3 is 0 Å². The monoisotopic (exact) mass is 314 g/mol. The predicted octanol–water partition coefficient (Wildman–Crippen LogP) is 4.29. The highest BCUT2D eigenvalue weighted by Gasteiger charge is 2.19. The van der Waals surface area contributed by atoms with Gasteiger partial charge in [0, 0.05) is 5.69 Å². The van der Waals surface area contributed by atoms with Crippen molar-refractivity contribution in [2.24, 2.45) is 0 Å². The molecule has 3 nitrogen and oxygen atoms in total. The average Bonchev–Trinajstić information content (AvgIpc) is 2.58. The zero-order chi connectivity index (χ0) is 16.5. The Morgan fingerprint density at radius 1 is 1.04 bits per heavy atom. The minimum Gasteiger partial charge on any atom is -0.324 e. The van der Waals surface area contributed by atoms with Gasteiger partial charge in [0.1, 0.15) is 11.9 Å². The van der Waals surface area contributed by atoms with Gasteiger partial charge < -0.3 is 10.6 Å². The van der Waals surface area contributed by atoms with E-state index in [1.54, 1.807) is 12.1 Å². The molecule has 0 aliphatic heterocycles. The van der Waals surface area contributed by atoms with Gasteiger partial charge in [-0.2, -0.15) is 0 Å². The van der Waals surface area contributed by atoms with Crippen LogP contribution in [0.4, 0.5) is 10.1 Å². The number of anilines is 1. The highest BCUT2D eigenvalue weighted by Crippen LogP contribution is 2.16. The van der Waals surface area contributed by atoms with Gasteiger partial charge in [-0.1, -0.05) is 50.1 Å². The lowest BCUT2D eigenvalue weighted by atomic mass is 10.1. The first-order valence-electron chi connectivity index (χ1n) is 8.05. The molecule has 0 heterocycles. The number of hydrogen-bond donors (Lipinski definition) is 2. The van der Waals surface area contributed by atoms with Gasteiger partial charge in [-0.05, 0) is 42.8 Å². The van der Waals surface area contributed by atoms with Gasteiger partial charge in [0.2, 0.25) is 5.91 Å². The van der Waals surface area contributed by atoms with E-state index < -0.39 is 6.04 Å². The maximum absolute atomic E-state index is 13.0. The number of unbranched alkanes of at least 4 members (excludes halogenated alkanes) is 2. The highest BCUT2D eigenvalue weighted by atomic mass is 19.1. The van der Waals surface area contributed by atoms with E-state index in [1.165, 1.54) is 12.1 Å². The molecule has 4 heteroatoms. The molecule has 0 fully saturated rings. The Bertz CT molecular complexity index is 599. The van der Waals surface area contributed by atoms with Crippen molar-refractivity contribution in [1.82, 2.24) is 5.32 Å². The summed E-state index contributed by atoms with van der Waals surface area (Å²) >= 11 is 0. The molecule has 1 atom stereocenters. The number of carbonyl (C=O) groups is 1. The van der Waals surface area contributed by atoms with Crippen LogP contribution in [0.1, 0.15) is 37.8 Å². The zero-order valence-corrected chi connectivity index (χ0v) is 13.4. The normalized spacial score (nSPS) is 11.9. The molecule has 0 bridgehead atoms. The van der Waals surface area contributed by atoms with Crippen molar-refractivity contribution < 1.29 is 9.18 Å². The number of nitrogens with one attached hydrogen (secondary N) is 2. The summed E-state index contributed by atoms with van der Waals surface area (Å²) in [5.41, 5.74) is 1.51. The minimum absolute atomic E-state index is 0.140. The Labute approximate surface area is 136 Å². The van der Waals surface area contributed by atoms with Crippen LogP contribution in [-0.2, 0) is 4.79 Å². The second kappa shape index (κ2) is 9.06. The third kappa shape index (κ3) is 5.49. The number of amides is 1. The minimum atomic E-state index is -0.418. The first-order chi connectivity index (χ1) is 11.2. The van der Waals surface area contributed by atoms with E-state index in [0.29, 0.717) is 5.69 Å². The molecule has 0 saturated carbocycles. The van der Waals surface area contributed by atoms with E-state index >= 15 is 0 Å².